The average molecular weight is 1650 g/mol. The van der Waals surface area contributed by atoms with E-state index in [1.807, 2.05) is 13.8 Å². The van der Waals surface area contributed by atoms with Crippen LogP contribution in [-0.2, 0) is 71.9 Å². The molecule has 0 spiro atoms. The van der Waals surface area contributed by atoms with E-state index in [1.54, 1.807) is 13.8 Å². The number of hydrogen-bond donors (Lipinski definition) is 25. The SMILES string of the molecule is CC(=O)C(CCC(=O)O)NC(=O)C(CCCN=C(N)N)NC(=O)C(CCCN=C(N)N)NC(=O)C(CC(=O)C(CCCN=C(N)N)NC(=O)C(CO)CC(=O)C(CCC(N)=O)NC(=O)C(CCCN=C(N)N)CC(=O)C(CCC(=O)O)NC(=O)C(CCCN=C(N)N)NC(=O)C(CCCN=C(N)N)NC(=O)C(N)CC(C)C)CC(C)C. The summed E-state index contributed by atoms with van der Waals surface area (Å²) in [5.41, 5.74) is 78.1. The van der Waals surface area contributed by atoms with E-state index >= 15 is 0 Å². The Morgan fingerprint density at radius 2 is 0.552 bits per heavy atom. The Hall–Kier alpha value is -11.6. The van der Waals surface area contributed by atoms with Crippen LogP contribution in [0.5, 0.6) is 0 Å². The van der Waals surface area contributed by atoms with Crippen LogP contribution >= 0.6 is 0 Å². The molecule has 0 saturated carbocycles. The van der Waals surface area contributed by atoms with Crippen LogP contribution in [0.15, 0.2) is 30.0 Å². The van der Waals surface area contributed by atoms with Gasteiger partial charge in [0.1, 0.15) is 24.2 Å². The lowest BCUT2D eigenvalue weighted by molar-refractivity contribution is -0.139. The van der Waals surface area contributed by atoms with Crippen molar-refractivity contribution in [3.8, 4) is 0 Å². The van der Waals surface area contributed by atoms with E-state index in [-0.39, 0.29) is 183 Å². The summed E-state index contributed by atoms with van der Waals surface area (Å²) in [4.78, 5) is 230. The molecular formula is C70H128N28O18. The molecule has 0 aliphatic carbocycles. The van der Waals surface area contributed by atoms with E-state index in [2.05, 4.69) is 72.5 Å². The van der Waals surface area contributed by atoms with Crippen molar-refractivity contribution in [1.29, 1.82) is 0 Å². The van der Waals surface area contributed by atoms with Crippen molar-refractivity contribution in [3.63, 3.8) is 0 Å². The Bertz CT molecular complexity index is 3420. The van der Waals surface area contributed by atoms with Gasteiger partial charge < -0.3 is 138 Å². The molecule has 656 valence electrons. The van der Waals surface area contributed by atoms with Crippen LogP contribution < -0.4 is 123 Å². The third kappa shape index (κ3) is 48.5. The van der Waals surface area contributed by atoms with Gasteiger partial charge in [0.05, 0.1) is 42.7 Å². The summed E-state index contributed by atoms with van der Waals surface area (Å²) in [6, 6.07) is -13.0. The zero-order chi connectivity index (χ0) is 88.3. The minimum absolute atomic E-state index is 0.00971. The molecule has 116 heavy (non-hydrogen) atoms. The zero-order valence-corrected chi connectivity index (χ0v) is 67.0. The molecule has 0 aliphatic heterocycles. The number of carbonyl (C=O) groups excluding carboxylic acids is 13. The van der Waals surface area contributed by atoms with Crippen LogP contribution in [0.2, 0.25) is 0 Å². The van der Waals surface area contributed by atoms with Gasteiger partial charge in [-0.15, -0.1) is 0 Å². The van der Waals surface area contributed by atoms with Gasteiger partial charge in [-0.25, -0.2) is 0 Å². The Balaban J connectivity index is 7.64. The molecule has 0 heterocycles. The highest BCUT2D eigenvalue weighted by Gasteiger charge is 2.38. The second-order valence-corrected chi connectivity index (χ2v) is 28.8. The van der Waals surface area contributed by atoms with Gasteiger partial charge in [-0.3, -0.25) is 102 Å². The smallest absolute Gasteiger partial charge is 0.303 e. The highest BCUT2D eigenvalue weighted by Crippen LogP contribution is 2.23. The van der Waals surface area contributed by atoms with Crippen LogP contribution in [-0.4, -0.2) is 240 Å². The van der Waals surface area contributed by atoms with Crippen molar-refractivity contribution >= 4 is 124 Å². The monoisotopic (exact) mass is 1650 g/mol. The largest absolute Gasteiger partial charge is 0.481 e. The number of ketones is 4. The molecule has 39 N–H and O–H groups in total. The minimum Gasteiger partial charge on any atom is -0.481 e. The molecule has 12 unspecified atom stereocenters. The minimum atomic E-state index is -1.71. The molecule has 46 nitrogen and oxygen atoms in total. The molecule has 46 heteroatoms. The number of aliphatic hydroxyl groups is 1. The Morgan fingerprint density at radius 1 is 0.302 bits per heavy atom. The number of primary amides is 1. The number of Topliss-reactive ketones (excluding diaryl/α,β-unsaturated/α-hetero) is 4. The fraction of sp³-hybridized carbons (Fsp3) is 0.700. The molecule has 0 aliphatic rings. The molecule has 0 bridgehead atoms. The maximum atomic E-state index is 14.7. The second kappa shape index (κ2) is 57.4. The number of rotatable bonds is 64. The highest BCUT2D eigenvalue weighted by atomic mass is 16.4. The Morgan fingerprint density at radius 3 is 0.871 bits per heavy atom. The molecule has 0 radical (unpaired) electrons. The Kier molecular flexibility index (Phi) is 51.7. The summed E-state index contributed by atoms with van der Waals surface area (Å²) in [5, 5.41) is 50.5. The van der Waals surface area contributed by atoms with Crippen LogP contribution in [0.1, 0.15) is 182 Å². The summed E-state index contributed by atoms with van der Waals surface area (Å²) in [6.45, 7) is 6.87. The number of nitrogens with one attached hydrogen (secondary N) is 8. The van der Waals surface area contributed by atoms with Crippen molar-refractivity contribution in [2.24, 2.45) is 140 Å². The zero-order valence-electron chi connectivity index (χ0n) is 67.0. The number of amides is 9. The number of aliphatic carboxylic acids is 2. The fourth-order valence-electron chi connectivity index (χ4n) is 11.7. The van der Waals surface area contributed by atoms with Gasteiger partial charge in [0.15, 0.2) is 58.9 Å². The first-order valence-corrected chi connectivity index (χ1v) is 38.3. The van der Waals surface area contributed by atoms with Gasteiger partial charge in [-0.1, -0.05) is 27.7 Å². The molecule has 0 fully saturated rings. The number of aliphatic imine (C=N–C) groups is 6. The topological polar surface area (TPSA) is 851 Å². The molecule has 0 saturated heterocycles. The number of guanidine groups is 6. The molecule has 0 aromatic carbocycles. The van der Waals surface area contributed by atoms with Gasteiger partial charge >= 0.3 is 11.9 Å². The van der Waals surface area contributed by atoms with Crippen molar-refractivity contribution in [2.75, 3.05) is 45.9 Å². The van der Waals surface area contributed by atoms with Crippen molar-refractivity contribution in [2.45, 2.75) is 237 Å². The molecule has 9 amide bonds. The average Bonchev–Trinajstić information content (AvgIpc) is 0.859. The summed E-state index contributed by atoms with van der Waals surface area (Å²) in [7, 11) is 0. The molecule has 0 aromatic rings. The predicted octanol–water partition coefficient (Wildman–Crippen LogP) is -8.09. The van der Waals surface area contributed by atoms with E-state index in [0.29, 0.717) is 0 Å². The van der Waals surface area contributed by atoms with Gasteiger partial charge in [0.2, 0.25) is 53.2 Å². The first-order chi connectivity index (χ1) is 54.4. The number of carboxylic acid groups (broad SMARTS) is 2. The van der Waals surface area contributed by atoms with Crippen molar-refractivity contribution in [1.82, 2.24) is 42.5 Å². The lowest BCUT2D eigenvalue weighted by atomic mass is 9.88. The number of carboxylic acids is 2. The van der Waals surface area contributed by atoms with Gasteiger partial charge in [0, 0.05) is 89.6 Å². The van der Waals surface area contributed by atoms with E-state index in [1.165, 1.54) is 0 Å². The van der Waals surface area contributed by atoms with E-state index in [9.17, 15) is 87.2 Å². The number of hydrogen-bond acceptors (Lipinski definition) is 23. The summed E-state index contributed by atoms with van der Waals surface area (Å²) in [6.07, 6.45) is -6.00. The fourth-order valence-corrected chi connectivity index (χ4v) is 11.7. The normalized spacial score (nSPS) is 14.1. The lowest BCUT2D eigenvalue weighted by Gasteiger charge is -2.27. The molecule has 0 rings (SSSR count). The summed E-state index contributed by atoms with van der Waals surface area (Å²) >= 11 is 0. The lowest BCUT2D eigenvalue weighted by Crippen LogP contribution is -2.57. The first-order valence-electron chi connectivity index (χ1n) is 38.3. The van der Waals surface area contributed by atoms with Crippen molar-refractivity contribution in [3.05, 3.63) is 0 Å². The number of nitrogens with zero attached hydrogens (tertiary/aromatic N) is 6. The second-order valence-electron chi connectivity index (χ2n) is 28.8. The van der Waals surface area contributed by atoms with Crippen LogP contribution in [0.25, 0.3) is 0 Å². The summed E-state index contributed by atoms with van der Waals surface area (Å²) in [5.74, 6) is -20.9. The number of nitrogens with two attached hydrogens (primary N) is 14. The van der Waals surface area contributed by atoms with Gasteiger partial charge in [0.25, 0.3) is 0 Å². The van der Waals surface area contributed by atoms with Crippen LogP contribution in [0, 0.1) is 29.6 Å². The molecule has 12 atom stereocenters. The molecule has 0 aromatic heterocycles. The van der Waals surface area contributed by atoms with Crippen LogP contribution in [0.4, 0.5) is 0 Å². The number of aliphatic hydroxyl groups excluding tert-OH is 1. The summed E-state index contributed by atoms with van der Waals surface area (Å²) < 4.78 is 0. The third-order valence-corrected chi connectivity index (χ3v) is 17.7. The maximum absolute atomic E-state index is 14.7. The predicted molar refractivity (Wildman–Crippen MR) is 431 cm³/mol. The maximum Gasteiger partial charge on any atom is 0.303 e. The number of carbonyl (C=O) groups is 15. The van der Waals surface area contributed by atoms with E-state index in [4.69, 9.17) is 80.3 Å². The van der Waals surface area contributed by atoms with E-state index in [0.717, 1.165) is 6.92 Å². The quantitative estimate of drug-likeness (QED) is 0.0153. The molecular weight excluding hydrogens is 1520 g/mol. The standard InChI is InChI=1S/C70H128N28O18/c1-36(2)30-40(58(110)95-47(14-8-26-87-67(77)78)63(115)97-49(16-10-28-89-69(81)82)61(113)91-43(38(5)100)19-22-55(105)106)33-52(102)44(13-7-25-86-66(75)76)92-59(111)41(35-99)34-53(103)45(18-21-54(72)104)93-57(109)39(12-6-24-85-65(73)74)32-51(101)46(20-23-56(107)108)94-62(114)50(17-11-29-90-70(83)84)98-64(116)48(15-9-27-88-68(79)80)96-60(112)42(71)31-37(3)4/h36-37,39-50,99H,6-35,71H2,1-5H3,(H2,72,104)(H,91,113)(H,92,111)(H,93,109)(H,94,114)(H,95,110)(H,96,112)(H,97,115)(H,98,116)(H,105,106)(H,107,108)(H4,73,74,85)(H4,75,76,86)(H4,77,78,87)(H4,79,80,88)(H4,81,82,89)(H4,83,84,90). The third-order valence-electron chi connectivity index (χ3n) is 17.7. The van der Waals surface area contributed by atoms with Crippen LogP contribution in [0.3, 0.4) is 0 Å². The van der Waals surface area contributed by atoms with E-state index < -0.39 is 218 Å². The Labute approximate surface area is 673 Å². The van der Waals surface area contributed by atoms with Gasteiger partial charge in [-0.2, -0.15) is 0 Å². The highest BCUT2D eigenvalue weighted by molar-refractivity contribution is 6.00. The first kappa shape index (κ1) is 104. The van der Waals surface area contributed by atoms with Crippen molar-refractivity contribution < 1.29 is 87.2 Å². The van der Waals surface area contributed by atoms with Gasteiger partial charge in [-0.05, 0) is 128 Å².